The summed E-state index contributed by atoms with van der Waals surface area (Å²) in [6, 6.07) is 4.61. The van der Waals surface area contributed by atoms with Gasteiger partial charge < -0.3 is 25.8 Å². The van der Waals surface area contributed by atoms with Crippen LogP contribution >= 0.6 is 22.9 Å². The van der Waals surface area contributed by atoms with Crippen LogP contribution in [0.1, 0.15) is 6.42 Å². The predicted octanol–water partition coefficient (Wildman–Crippen LogP) is 3.90. The number of likely N-dealkylation sites (N-methyl/N-ethyl adjacent to an activating group) is 1. The number of nitrogens with one attached hydrogen (secondary N) is 2. The zero-order chi connectivity index (χ0) is 26.6. The lowest BCUT2D eigenvalue weighted by atomic mass is 10.0. The van der Waals surface area contributed by atoms with Crippen LogP contribution in [0, 0.1) is 11.6 Å². The van der Waals surface area contributed by atoms with E-state index in [2.05, 4.69) is 30.5 Å². The molecule has 2 fully saturated rings. The largest absolute Gasteiger partial charge is 0.462 e. The van der Waals surface area contributed by atoms with Crippen LogP contribution in [-0.4, -0.2) is 78.4 Å². The molecule has 200 valence electrons. The fourth-order valence-electron chi connectivity index (χ4n) is 4.94. The molecule has 0 amide bonds. The summed E-state index contributed by atoms with van der Waals surface area (Å²) in [4.78, 5) is 15.4. The van der Waals surface area contributed by atoms with Crippen LogP contribution in [0.25, 0.3) is 32.2 Å². The minimum Gasteiger partial charge on any atom is -0.462 e. The number of likely N-dealkylation sites (tertiary alicyclic amines) is 1. The first-order chi connectivity index (χ1) is 18.3. The molecule has 0 unspecified atom stereocenters. The van der Waals surface area contributed by atoms with E-state index >= 15 is 4.39 Å². The minimum absolute atomic E-state index is 0.0411. The molecule has 2 aliphatic heterocycles. The molecule has 38 heavy (non-hydrogen) atoms. The van der Waals surface area contributed by atoms with Crippen molar-refractivity contribution in [3.05, 3.63) is 34.9 Å². The zero-order valence-electron chi connectivity index (χ0n) is 20.7. The van der Waals surface area contributed by atoms with Crippen molar-refractivity contribution in [3.63, 3.8) is 0 Å². The first kappa shape index (κ1) is 25.4. The number of nitrogens with zero attached hydrogens (tertiary/aromatic N) is 4. The maximum absolute atomic E-state index is 16.3. The van der Waals surface area contributed by atoms with Crippen molar-refractivity contribution in [3.8, 4) is 17.1 Å². The highest BCUT2D eigenvalue weighted by Crippen LogP contribution is 2.42. The summed E-state index contributed by atoms with van der Waals surface area (Å²) in [6.45, 7) is 2.62. The molecule has 2 aliphatic rings. The molecule has 0 aliphatic carbocycles. The average molecular weight is 562 g/mol. The lowest BCUT2D eigenvalue weighted by Gasteiger charge is -2.29. The number of methoxy groups -OCH3 is 1. The number of rotatable bonds is 7. The predicted molar refractivity (Wildman–Crippen MR) is 145 cm³/mol. The number of ether oxygens (including phenoxy) is 2. The number of nitrogen functional groups attached to an aromatic ring is 1. The van der Waals surface area contributed by atoms with E-state index in [0.29, 0.717) is 23.4 Å². The maximum Gasteiger partial charge on any atom is 0.319 e. The monoisotopic (exact) mass is 561 g/mol. The Morgan fingerprint density at radius 1 is 1.24 bits per heavy atom. The van der Waals surface area contributed by atoms with Gasteiger partial charge in [0.1, 0.15) is 23.8 Å². The fourth-order valence-corrected chi connectivity index (χ4v) is 6.00. The third-order valence-electron chi connectivity index (χ3n) is 7.15. The highest BCUT2D eigenvalue weighted by molar-refractivity contribution is 7.22. The Hall–Kier alpha value is -2.90. The number of fused-ring (bicyclic) bond motifs is 2. The molecule has 2 saturated heterocycles. The summed E-state index contributed by atoms with van der Waals surface area (Å²) in [5.74, 6) is -0.728. The Labute approximate surface area is 226 Å². The van der Waals surface area contributed by atoms with Gasteiger partial charge in [-0.1, -0.05) is 22.9 Å². The van der Waals surface area contributed by atoms with Crippen molar-refractivity contribution >= 4 is 55.0 Å². The molecule has 2 atom stereocenters. The molecule has 13 heteroatoms. The first-order valence-corrected chi connectivity index (χ1v) is 13.4. The van der Waals surface area contributed by atoms with Gasteiger partial charge in [-0.25, -0.2) is 13.8 Å². The van der Waals surface area contributed by atoms with Crippen molar-refractivity contribution in [2.75, 3.05) is 51.4 Å². The number of anilines is 2. The number of aromatic nitrogens is 3. The van der Waals surface area contributed by atoms with Gasteiger partial charge in [-0.15, -0.1) is 0 Å². The normalized spacial score (nSPS) is 20.3. The van der Waals surface area contributed by atoms with Gasteiger partial charge in [0.05, 0.1) is 27.4 Å². The maximum atomic E-state index is 16.3. The number of hydrogen-bond donors (Lipinski definition) is 3. The number of nitrogens with two attached hydrogens (primary N) is 1. The van der Waals surface area contributed by atoms with Crippen LogP contribution in [0.3, 0.4) is 0 Å². The molecule has 4 N–H and O–H groups in total. The molecule has 4 aromatic rings. The van der Waals surface area contributed by atoms with Gasteiger partial charge in [-0.2, -0.15) is 9.97 Å². The SMILES string of the molecule is CO[C@@H]1C[C@@H](COc2nc(NC3CNC3)c3cc(Cl)c(-c4ccc(F)c5sc(N)nc45)c(F)c3n2)N(C)C1. The highest BCUT2D eigenvalue weighted by atomic mass is 35.5. The Morgan fingerprint density at radius 2 is 2.05 bits per heavy atom. The minimum atomic E-state index is -0.675. The standard InChI is InChI=1S/C25H26ClF2N7O2S/c1-35-9-13(36-2)5-12(35)10-37-25-33-20-15(23(34-25)31-11-7-30-8-11)6-16(26)18(19(20)28)14-3-4-17(27)22-21(14)32-24(29)38-22/h3-4,6,11-13,30H,5,7-10H2,1-2H3,(H2,29,32)(H,31,33,34)/t12-,13+/m0/s1. The van der Waals surface area contributed by atoms with Crippen LogP contribution < -0.4 is 21.1 Å². The Bertz CT molecular complexity index is 1530. The molecular weight excluding hydrogens is 536 g/mol. The Balaban J connectivity index is 1.44. The van der Waals surface area contributed by atoms with E-state index in [4.69, 9.17) is 26.8 Å². The highest BCUT2D eigenvalue weighted by Gasteiger charge is 2.31. The summed E-state index contributed by atoms with van der Waals surface area (Å²) >= 11 is 7.64. The average Bonchev–Trinajstić information content (AvgIpc) is 3.44. The molecule has 6 rings (SSSR count). The van der Waals surface area contributed by atoms with Gasteiger partial charge in [0.25, 0.3) is 0 Å². The molecular formula is C25H26ClF2N7O2S. The molecule has 2 aromatic carbocycles. The molecule has 0 radical (unpaired) electrons. The van der Waals surface area contributed by atoms with E-state index in [1.807, 2.05) is 7.05 Å². The smallest absolute Gasteiger partial charge is 0.319 e. The summed E-state index contributed by atoms with van der Waals surface area (Å²) in [5, 5.41) is 7.26. The van der Waals surface area contributed by atoms with Crippen molar-refractivity contribution in [1.29, 1.82) is 0 Å². The second-order valence-corrected chi connectivity index (χ2v) is 11.1. The van der Waals surface area contributed by atoms with Crippen molar-refractivity contribution in [2.45, 2.75) is 24.6 Å². The van der Waals surface area contributed by atoms with Crippen molar-refractivity contribution in [2.24, 2.45) is 0 Å². The number of hydrogen-bond acceptors (Lipinski definition) is 10. The number of thiazole rings is 1. The molecule has 4 heterocycles. The number of halogens is 3. The third kappa shape index (κ3) is 4.50. The van der Waals surface area contributed by atoms with Crippen LogP contribution in [0.2, 0.25) is 5.02 Å². The van der Waals surface area contributed by atoms with E-state index in [1.165, 1.54) is 12.1 Å². The summed E-state index contributed by atoms with van der Waals surface area (Å²) in [5.41, 5.74) is 6.52. The van der Waals surface area contributed by atoms with E-state index < -0.39 is 11.6 Å². The first-order valence-electron chi connectivity index (χ1n) is 12.2. The third-order valence-corrected chi connectivity index (χ3v) is 8.35. The van der Waals surface area contributed by atoms with Crippen LogP contribution in [0.5, 0.6) is 6.01 Å². The lowest BCUT2D eigenvalue weighted by molar-refractivity contribution is 0.111. The summed E-state index contributed by atoms with van der Waals surface area (Å²) < 4.78 is 42.4. The quantitative estimate of drug-likeness (QED) is 0.309. The van der Waals surface area contributed by atoms with Gasteiger partial charge in [0, 0.05) is 49.3 Å². The molecule has 0 bridgehead atoms. The van der Waals surface area contributed by atoms with E-state index in [-0.39, 0.29) is 55.6 Å². The second kappa shape index (κ2) is 10.0. The van der Waals surface area contributed by atoms with Gasteiger partial charge in [-0.05, 0) is 31.7 Å². The van der Waals surface area contributed by atoms with Crippen LogP contribution in [0.15, 0.2) is 18.2 Å². The Morgan fingerprint density at radius 3 is 2.76 bits per heavy atom. The van der Waals surface area contributed by atoms with E-state index in [1.54, 1.807) is 13.2 Å². The topological polar surface area (TPSA) is 110 Å². The summed E-state index contributed by atoms with van der Waals surface area (Å²) in [7, 11) is 3.70. The number of benzene rings is 2. The van der Waals surface area contributed by atoms with Gasteiger partial charge in [-0.3, -0.25) is 4.90 Å². The molecule has 2 aromatic heterocycles. The fraction of sp³-hybridized carbons (Fsp3) is 0.400. The molecule has 0 spiro atoms. The zero-order valence-corrected chi connectivity index (χ0v) is 22.3. The summed E-state index contributed by atoms with van der Waals surface area (Å²) in [6.07, 6.45) is 0.939. The lowest BCUT2D eigenvalue weighted by Crippen LogP contribution is -2.51. The molecule has 0 saturated carbocycles. The second-order valence-electron chi connectivity index (χ2n) is 9.62. The van der Waals surface area contributed by atoms with Crippen molar-refractivity contribution in [1.82, 2.24) is 25.2 Å². The van der Waals surface area contributed by atoms with Crippen molar-refractivity contribution < 1.29 is 18.3 Å². The molecule has 9 nitrogen and oxygen atoms in total. The van der Waals surface area contributed by atoms with E-state index in [0.717, 1.165) is 37.4 Å². The van der Waals surface area contributed by atoms with Crippen LogP contribution in [0.4, 0.5) is 19.7 Å². The van der Waals surface area contributed by atoms with Gasteiger partial charge >= 0.3 is 6.01 Å². The Kier molecular flexibility index (Phi) is 6.68. The van der Waals surface area contributed by atoms with Crippen LogP contribution in [-0.2, 0) is 4.74 Å². The van der Waals surface area contributed by atoms with Gasteiger partial charge in [0.2, 0.25) is 0 Å². The van der Waals surface area contributed by atoms with E-state index in [9.17, 15) is 4.39 Å². The van der Waals surface area contributed by atoms with Gasteiger partial charge in [0.15, 0.2) is 10.9 Å².